The minimum absolute atomic E-state index is 0.153. The van der Waals surface area contributed by atoms with Gasteiger partial charge in [-0.3, -0.25) is 4.79 Å². The van der Waals surface area contributed by atoms with Crippen LogP contribution in [-0.2, 0) is 4.79 Å². The van der Waals surface area contributed by atoms with Gasteiger partial charge in [0, 0.05) is 18.5 Å². The summed E-state index contributed by atoms with van der Waals surface area (Å²) < 4.78 is 11.6. The fourth-order valence-electron chi connectivity index (χ4n) is 4.33. The SMILES string of the molecule is O=C(CC1CCCC1)N1CCCC1c1cccc2c1OCCO2. The summed E-state index contributed by atoms with van der Waals surface area (Å²) in [5.74, 6) is 2.61. The number of amides is 1. The summed E-state index contributed by atoms with van der Waals surface area (Å²) in [5, 5.41) is 0. The Balaban J connectivity index is 1.54. The first-order chi connectivity index (χ1) is 11.3. The highest BCUT2D eigenvalue weighted by atomic mass is 16.6. The predicted molar refractivity (Wildman–Crippen MR) is 87.7 cm³/mol. The second kappa shape index (κ2) is 6.42. The first kappa shape index (κ1) is 14.9. The molecule has 4 rings (SSSR count). The Labute approximate surface area is 137 Å². The highest BCUT2D eigenvalue weighted by Gasteiger charge is 2.34. The van der Waals surface area contributed by atoms with Crippen LogP contribution in [0.1, 0.15) is 56.6 Å². The van der Waals surface area contributed by atoms with Crippen LogP contribution >= 0.6 is 0 Å². The van der Waals surface area contributed by atoms with E-state index in [0.717, 1.165) is 42.9 Å². The van der Waals surface area contributed by atoms with E-state index in [0.29, 0.717) is 25.0 Å². The minimum atomic E-state index is 0.153. The molecule has 0 N–H and O–H groups in total. The van der Waals surface area contributed by atoms with Crippen molar-refractivity contribution in [3.63, 3.8) is 0 Å². The van der Waals surface area contributed by atoms with Crippen LogP contribution in [0, 0.1) is 5.92 Å². The van der Waals surface area contributed by atoms with Crippen LogP contribution in [0.4, 0.5) is 0 Å². The Hall–Kier alpha value is -1.71. The number of hydrogen-bond acceptors (Lipinski definition) is 3. The summed E-state index contributed by atoms with van der Waals surface area (Å²) in [6.45, 7) is 2.07. The van der Waals surface area contributed by atoms with Gasteiger partial charge in [-0.25, -0.2) is 0 Å². The van der Waals surface area contributed by atoms with Crippen molar-refractivity contribution in [1.29, 1.82) is 0 Å². The largest absolute Gasteiger partial charge is 0.486 e. The molecule has 1 aromatic rings. The fourth-order valence-corrected chi connectivity index (χ4v) is 4.33. The Morgan fingerprint density at radius 2 is 1.91 bits per heavy atom. The number of ether oxygens (including phenoxy) is 2. The van der Waals surface area contributed by atoms with E-state index in [9.17, 15) is 4.79 Å². The lowest BCUT2D eigenvalue weighted by molar-refractivity contribution is -0.133. The molecular formula is C19H25NO3. The van der Waals surface area contributed by atoms with Crippen LogP contribution in [0.5, 0.6) is 11.5 Å². The molecule has 1 atom stereocenters. The highest BCUT2D eigenvalue weighted by Crippen LogP contribution is 2.43. The minimum Gasteiger partial charge on any atom is -0.486 e. The number of rotatable bonds is 3. The van der Waals surface area contributed by atoms with Gasteiger partial charge in [0.15, 0.2) is 11.5 Å². The van der Waals surface area contributed by atoms with E-state index in [1.807, 2.05) is 12.1 Å². The van der Waals surface area contributed by atoms with E-state index in [1.165, 1.54) is 25.7 Å². The Morgan fingerprint density at radius 3 is 2.78 bits per heavy atom. The van der Waals surface area contributed by atoms with Gasteiger partial charge >= 0.3 is 0 Å². The van der Waals surface area contributed by atoms with E-state index in [-0.39, 0.29) is 6.04 Å². The number of carbonyl (C=O) groups is 1. The van der Waals surface area contributed by atoms with Gasteiger partial charge in [0.1, 0.15) is 13.2 Å². The highest BCUT2D eigenvalue weighted by molar-refractivity contribution is 5.77. The van der Waals surface area contributed by atoms with Crippen molar-refractivity contribution in [3.05, 3.63) is 23.8 Å². The molecule has 23 heavy (non-hydrogen) atoms. The van der Waals surface area contributed by atoms with Crippen molar-refractivity contribution < 1.29 is 14.3 Å². The average molecular weight is 315 g/mol. The van der Waals surface area contributed by atoms with Crippen molar-refractivity contribution in [2.75, 3.05) is 19.8 Å². The molecule has 4 nitrogen and oxygen atoms in total. The van der Waals surface area contributed by atoms with E-state index >= 15 is 0 Å². The zero-order chi connectivity index (χ0) is 15.6. The molecule has 1 saturated carbocycles. The van der Waals surface area contributed by atoms with Gasteiger partial charge < -0.3 is 14.4 Å². The monoisotopic (exact) mass is 315 g/mol. The van der Waals surface area contributed by atoms with Gasteiger partial charge in [0.05, 0.1) is 6.04 Å². The summed E-state index contributed by atoms with van der Waals surface area (Å²) in [5.41, 5.74) is 1.12. The number of benzene rings is 1. The van der Waals surface area contributed by atoms with Crippen molar-refractivity contribution in [1.82, 2.24) is 4.90 Å². The molecular weight excluding hydrogens is 290 g/mol. The van der Waals surface area contributed by atoms with Crippen molar-refractivity contribution in [3.8, 4) is 11.5 Å². The average Bonchev–Trinajstić information content (AvgIpc) is 3.25. The molecule has 3 aliphatic rings. The molecule has 0 spiro atoms. The van der Waals surface area contributed by atoms with E-state index < -0.39 is 0 Å². The van der Waals surface area contributed by atoms with E-state index in [4.69, 9.17) is 9.47 Å². The van der Waals surface area contributed by atoms with Crippen LogP contribution in [0.3, 0.4) is 0 Å². The third-order valence-electron chi connectivity index (χ3n) is 5.47. The summed E-state index contributed by atoms with van der Waals surface area (Å²) in [4.78, 5) is 14.9. The standard InChI is InChI=1S/C19H25NO3/c21-18(13-14-5-1-2-6-14)20-10-4-8-16(20)15-7-3-9-17-19(15)23-12-11-22-17/h3,7,9,14,16H,1-2,4-6,8,10-13H2. The van der Waals surface area contributed by atoms with E-state index in [1.54, 1.807) is 0 Å². The number of nitrogens with zero attached hydrogens (tertiary/aromatic N) is 1. The molecule has 2 aliphatic heterocycles. The zero-order valence-electron chi connectivity index (χ0n) is 13.6. The molecule has 1 amide bonds. The second-order valence-electron chi connectivity index (χ2n) is 6.97. The number of likely N-dealkylation sites (tertiary alicyclic amines) is 1. The smallest absolute Gasteiger partial charge is 0.223 e. The number of para-hydroxylation sites is 1. The third-order valence-corrected chi connectivity index (χ3v) is 5.47. The van der Waals surface area contributed by atoms with Crippen LogP contribution in [0.15, 0.2) is 18.2 Å². The normalized spacial score (nSPS) is 24.2. The third kappa shape index (κ3) is 2.91. The maximum absolute atomic E-state index is 12.8. The maximum Gasteiger partial charge on any atom is 0.223 e. The van der Waals surface area contributed by atoms with Crippen molar-refractivity contribution in [2.45, 2.75) is 51.0 Å². The molecule has 2 fully saturated rings. The van der Waals surface area contributed by atoms with E-state index in [2.05, 4.69) is 11.0 Å². The van der Waals surface area contributed by atoms with Crippen LogP contribution in [0.2, 0.25) is 0 Å². The molecule has 4 heteroatoms. The predicted octanol–water partition coefficient (Wildman–Crippen LogP) is 3.70. The number of carbonyl (C=O) groups excluding carboxylic acids is 1. The lowest BCUT2D eigenvalue weighted by atomic mass is 10.00. The molecule has 1 unspecified atom stereocenters. The summed E-state index contributed by atoms with van der Waals surface area (Å²) >= 11 is 0. The summed E-state index contributed by atoms with van der Waals surface area (Å²) in [6.07, 6.45) is 7.85. The first-order valence-electron chi connectivity index (χ1n) is 9.01. The van der Waals surface area contributed by atoms with Gasteiger partial charge in [0.2, 0.25) is 5.91 Å². The topological polar surface area (TPSA) is 38.8 Å². The summed E-state index contributed by atoms with van der Waals surface area (Å²) in [6, 6.07) is 6.22. The van der Waals surface area contributed by atoms with Gasteiger partial charge in [-0.05, 0) is 37.7 Å². The van der Waals surface area contributed by atoms with Crippen LogP contribution in [0.25, 0.3) is 0 Å². The molecule has 0 radical (unpaired) electrons. The maximum atomic E-state index is 12.8. The fraction of sp³-hybridized carbons (Fsp3) is 0.632. The molecule has 124 valence electrons. The molecule has 1 aromatic carbocycles. The molecule has 1 saturated heterocycles. The summed E-state index contributed by atoms with van der Waals surface area (Å²) in [7, 11) is 0. The Kier molecular flexibility index (Phi) is 4.15. The van der Waals surface area contributed by atoms with Gasteiger partial charge in [-0.2, -0.15) is 0 Å². The van der Waals surface area contributed by atoms with Gasteiger partial charge in [0.25, 0.3) is 0 Å². The first-order valence-corrected chi connectivity index (χ1v) is 9.01. The van der Waals surface area contributed by atoms with Gasteiger partial charge in [-0.15, -0.1) is 0 Å². The Morgan fingerprint density at radius 1 is 1.09 bits per heavy atom. The van der Waals surface area contributed by atoms with Crippen molar-refractivity contribution >= 4 is 5.91 Å². The second-order valence-corrected chi connectivity index (χ2v) is 6.97. The van der Waals surface area contributed by atoms with Crippen LogP contribution < -0.4 is 9.47 Å². The van der Waals surface area contributed by atoms with Crippen molar-refractivity contribution in [2.24, 2.45) is 5.92 Å². The molecule has 2 heterocycles. The lowest BCUT2D eigenvalue weighted by Gasteiger charge is -2.29. The molecule has 0 aromatic heterocycles. The van der Waals surface area contributed by atoms with Crippen LogP contribution in [-0.4, -0.2) is 30.6 Å². The number of hydrogen-bond donors (Lipinski definition) is 0. The Bertz CT molecular complexity index is 580. The number of fused-ring (bicyclic) bond motifs is 1. The zero-order valence-corrected chi connectivity index (χ0v) is 13.6. The van der Waals surface area contributed by atoms with Gasteiger partial charge in [-0.1, -0.05) is 25.0 Å². The lowest BCUT2D eigenvalue weighted by Crippen LogP contribution is -2.32. The molecule has 1 aliphatic carbocycles. The molecule has 0 bridgehead atoms. The quantitative estimate of drug-likeness (QED) is 0.853.